The lowest BCUT2D eigenvalue weighted by Crippen LogP contribution is -2.23. The number of amidine groups is 1. The number of nitrogens with zero attached hydrogens (tertiary/aromatic N) is 3. The van der Waals surface area contributed by atoms with Crippen LogP contribution in [0.5, 0.6) is 5.75 Å². The summed E-state index contributed by atoms with van der Waals surface area (Å²) in [5.74, 6) is 0.567. The molecular formula is C25H17BrClN3O2S. The molecule has 1 fully saturated rings. The van der Waals surface area contributed by atoms with E-state index in [4.69, 9.17) is 16.3 Å². The minimum absolute atomic E-state index is 0.115. The number of carbonyl (C=O) groups is 1. The lowest BCUT2D eigenvalue weighted by Gasteiger charge is -2.08. The van der Waals surface area contributed by atoms with E-state index in [1.165, 1.54) is 16.7 Å². The van der Waals surface area contributed by atoms with Crippen molar-refractivity contribution in [2.24, 2.45) is 4.99 Å². The number of ether oxygens (including phenoxy) is 1. The standard InChI is InChI=1S/C25H17BrClN3O2S/c1-30-24(31)23(33-25(30)29-19-8-11-21(26)22(27)13-19)12-16-6-9-20(10-7-16)32-15-18-5-3-2-4-17(18)14-28/h2-13H,15H2,1H3/b23-12-,29-25?. The Bertz CT molecular complexity index is 1320. The molecule has 1 saturated heterocycles. The molecule has 1 heterocycles. The second kappa shape index (κ2) is 10.3. The predicted molar refractivity (Wildman–Crippen MR) is 137 cm³/mol. The monoisotopic (exact) mass is 537 g/mol. The second-order valence-electron chi connectivity index (χ2n) is 7.09. The van der Waals surface area contributed by atoms with Gasteiger partial charge in [0.1, 0.15) is 12.4 Å². The lowest BCUT2D eigenvalue weighted by molar-refractivity contribution is -0.121. The molecule has 5 nitrogen and oxygen atoms in total. The highest BCUT2D eigenvalue weighted by molar-refractivity contribution is 9.10. The summed E-state index contributed by atoms with van der Waals surface area (Å²) in [4.78, 5) is 19.4. The number of benzene rings is 3. The minimum atomic E-state index is -0.115. The van der Waals surface area contributed by atoms with Gasteiger partial charge in [0.05, 0.1) is 27.2 Å². The van der Waals surface area contributed by atoms with Crippen molar-refractivity contribution in [3.63, 3.8) is 0 Å². The zero-order valence-electron chi connectivity index (χ0n) is 17.5. The number of hydrogen-bond acceptors (Lipinski definition) is 5. The summed E-state index contributed by atoms with van der Waals surface area (Å²) in [6, 6.07) is 22.4. The lowest BCUT2D eigenvalue weighted by atomic mass is 10.1. The van der Waals surface area contributed by atoms with Crippen molar-refractivity contribution in [2.45, 2.75) is 6.61 Å². The van der Waals surface area contributed by atoms with E-state index in [-0.39, 0.29) is 5.91 Å². The van der Waals surface area contributed by atoms with E-state index in [1.807, 2.05) is 60.7 Å². The van der Waals surface area contributed by atoms with Gasteiger partial charge in [0, 0.05) is 17.1 Å². The van der Waals surface area contributed by atoms with Gasteiger partial charge in [-0.2, -0.15) is 5.26 Å². The molecule has 1 aliphatic heterocycles. The number of nitriles is 1. The largest absolute Gasteiger partial charge is 0.489 e. The van der Waals surface area contributed by atoms with Gasteiger partial charge >= 0.3 is 0 Å². The number of aliphatic imine (C=N–C) groups is 1. The van der Waals surface area contributed by atoms with Crippen LogP contribution in [0.25, 0.3) is 6.08 Å². The summed E-state index contributed by atoms with van der Waals surface area (Å²) < 4.78 is 6.60. The minimum Gasteiger partial charge on any atom is -0.489 e. The van der Waals surface area contributed by atoms with E-state index in [0.29, 0.717) is 38.7 Å². The Morgan fingerprint density at radius 3 is 2.67 bits per heavy atom. The smallest absolute Gasteiger partial charge is 0.266 e. The molecule has 0 bridgehead atoms. The number of likely N-dealkylation sites (N-methyl/N-ethyl adjacent to an activating group) is 1. The number of rotatable bonds is 5. The number of halogens is 2. The van der Waals surface area contributed by atoms with Crippen molar-refractivity contribution in [3.8, 4) is 11.8 Å². The van der Waals surface area contributed by atoms with Crippen molar-refractivity contribution in [2.75, 3.05) is 7.05 Å². The Kier molecular flexibility index (Phi) is 7.19. The number of carbonyl (C=O) groups excluding carboxylic acids is 1. The quantitative estimate of drug-likeness (QED) is 0.336. The van der Waals surface area contributed by atoms with Gasteiger partial charge < -0.3 is 4.74 Å². The van der Waals surface area contributed by atoms with Crippen LogP contribution in [0.15, 0.2) is 81.1 Å². The van der Waals surface area contributed by atoms with E-state index in [0.717, 1.165) is 15.6 Å². The maximum atomic E-state index is 12.7. The van der Waals surface area contributed by atoms with Crippen molar-refractivity contribution < 1.29 is 9.53 Å². The van der Waals surface area contributed by atoms with Crippen LogP contribution in [0.2, 0.25) is 5.02 Å². The van der Waals surface area contributed by atoms with Crippen LogP contribution in [-0.2, 0) is 11.4 Å². The summed E-state index contributed by atoms with van der Waals surface area (Å²) in [7, 11) is 1.70. The molecule has 3 aromatic rings. The van der Waals surface area contributed by atoms with Gasteiger partial charge in [-0.15, -0.1) is 0 Å². The molecule has 164 valence electrons. The molecule has 33 heavy (non-hydrogen) atoms. The summed E-state index contributed by atoms with van der Waals surface area (Å²) in [6.07, 6.45) is 1.83. The first-order chi connectivity index (χ1) is 15.9. The molecule has 0 unspecified atom stereocenters. The van der Waals surface area contributed by atoms with Crippen molar-refractivity contribution in [3.05, 3.63) is 97.8 Å². The molecule has 0 aromatic heterocycles. The van der Waals surface area contributed by atoms with E-state index in [9.17, 15) is 10.1 Å². The van der Waals surface area contributed by atoms with Crippen LogP contribution in [0, 0.1) is 11.3 Å². The maximum absolute atomic E-state index is 12.7. The number of hydrogen-bond donors (Lipinski definition) is 0. The summed E-state index contributed by atoms with van der Waals surface area (Å²) in [5, 5.41) is 10.3. The molecule has 0 aliphatic carbocycles. The van der Waals surface area contributed by atoms with Crippen LogP contribution in [0.3, 0.4) is 0 Å². The average Bonchev–Trinajstić information content (AvgIpc) is 3.08. The number of amides is 1. The molecule has 3 aromatic carbocycles. The van der Waals surface area contributed by atoms with E-state index >= 15 is 0 Å². The van der Waals surface area contributed by atoms with Gasteiger partial charge in [0.2, 0.25) is 0 Å². The molecule has 8 heteroatoms. The molecule has 0 spiro atoms. The Labute approximate surface area is 209 Å². The molecule has 0 saturated carbocycles. The van der Waals surface area contributed by atoms with Gasteiger partial charge in [-0.3, -0.25) is 9.69 Å². The molecule has 4 rings (SSSR count). The molecule has 1 aliphatic rings. The first-order valence-corrected chi connectivity index (χ1v) is 11.9. The Morgan fingerprint density at radius 1 is 1.18 bits per heavy atom. The second-order valence-corrected chi connectivity index (χ2v) is 9.36. The molecular weight excluding hydrogens is 522 g/mol. The molecule has 0 N–H and O–H groups in total. The zero-order chi connectivity index (χ0) is 23.4. The fourth-order valence-electron chi connectivity index (χ4n) is 3.04. The number of thioether (sulfide) groups is 1. The fraction of sp³-hybridized carbons (Fsp3) is 0.0800. The predicted octanol–water partition coefficient (Wildman–Crippen LogP) is 6.79. The molecule has 0 radical (unpaired) electrons. The van der Waals surface area contributed by atoms with Crippen LogP contribution < -0.4 is 4.74 Å². The maximum Gasteiger partial charge on any atom is 0.266 e. The van der Waals surface area contributed by atoms with E-state index in [2.05, 4.69) is 27.0 Å². The summed E-state index contributed by atoms with van der Waals surface area (Å²) in [5.41, 5.74) is 2.98. The van der Waals surface area contributed by atoms with E-state index in [1.54, 1.807) is 19.2 Å². The van der Waals surface area contributed by atoms with Crippen LogP contribution in [0.1, 0.15) is 16.7 Å². The Morgan fingerprint density at radius 2 is 1.94 bits per heavy atom. The summed E-state index contributed by atoms with van der Waals surface area (Å²) in [6.45, 7) is 0.309. The first-order valence-electron chi connectivity index (χ1n) is 9.87. The Balaban J connectivity index is 1.46. The summed E-state index contributed by atoms with van der Waals surface area (Å²) >= 11 is 10.8. The topological polar surface area (TPSA) is 65.7 Å². The van der Waals surface area contributed by atoms with Crippen LogP contribution in [0.4, 0.5) is 5.69 Å². The van der Waals surface area contributed by atoms with Gasteiger partial charge in [-0.1, -0.05) is 41.9 Å². The highest BCUT2D eigenvalue weighted by Gasteiger charge is 2.30. The zero-order valence-corrected chi connectivity index (χ0v) is 20.6. The van der Waals surface area contributed by atoms with Gasteiger partial charge in [0.15, 0.2) is 5.17 Å². The normalized spacial score (nSPS) is 15.8. The van der Waals surface area contributed by atoms with Crippen LogP contribution >= 0.6 is 39.3 Å². The first kappa shape index (κ1) is 23.1. The third-order valence-corrected chi connectivity index (χ3v) is 7.13. The van der Waals surface area contributed by atoms with Crippen LogP contribution in [-0.4, -0.2) is 23.0 Å². The highest BCUT2D eigenvalue weighted by atomic mass is 79.9. The van der Waals surface area contributed by atoms with Gasteiger partial charge in [-0.05, 0) is 75.7 Å². The molecule has 0 atom stereocenters. The third-order valence-electron chi connectivity index (χ3n) is 4.84. The SMILES string of the molecule is CN1C(=O)/C(=C/c2ccc(OCc3ccccc3C#N)cc2)SC1=Nc1ccc(Br)c(Cl)c1. The van der Waals surface area contributed by atoms with Gasteiger partial charge in [-0.25, -0.2) is 4.99 Å². The van der Waals surface area contributed by atoms with Crippen molar-refractivity contribution in [1.29, 1.82) is 5.26 Å². The molecule has 1 amide bonds. The van der Waals surface area contributed by atoms with Gasteiger partial charge in [0.25, 0.3) is 5.91 Å². The third kappa shape index (κ3) is 5.48. The fourth-order valence-corrected chi connectivity index (χ4v) is 4.45. The van der Waals surface area contributed by atoms with E-state index < -0.39 is 0 Å². The highest BCUT2D eigenvalue weighted by Crippen LogP contribution is 2.34. The average molecular weight is 539 g/mol. The Hall–Kier alpha value is -3.05. The van der Waals surface area contributed by atoms with Crippen molar-refractivity contribution in [1.82, 2.24) is 4.90 Å². The van der Waals surface area contributed by atoms with Crippen molar-refractivity contribution >= 4 is 62.1 Å².